The maximum atomic E-state index is 14.4. The largest absolute Gasteiger partial charge is 0.481 e. The zero-order valence-corrected chi connectivity index (χ0v) is 24.8. The minimum absolute atomic E-state index is 0.0197. The molecule has 8 heteroatoms. The standard InChI is InChI=1S/C32H46O8/c1-27-11-12-28(2,25(36)37)16-19(27)18-15-20(34)24-29(3)9-8-22(40-23(35)17-33)32(6,26(38)39)21(29)7-10-31(24,5)30(18,4)14-13-27/h15,19,21-22,24,33H,7-14,16-17H2,1-6H3,(H,36,37)(H,38,39)/t19-,21+,22-,24+,27+,28-,29-,30+,31+,32-/m0/s1. The van der Waals surface area contributed by atoms with Gasteiger partial charge >= 0.3 is 17.9 Å². The van der Waals surface area contributed by atoms with Crippen molar-refractivity contribution in [2.75, 3.05) is 6.61 Å². The summed E-state index contributed by atoms with van der Waals surface area (Å²) in [5, 5.41) is 29.9. The number of allylic oxidation sites excluding steroid dienone is 2. The van der Waals surface area contributed by atoms with Crippen LogP contribution < -0.4 is 0 Å². The van der Waals surface area contributed by atoms with Crippen LogP contribution in [0.3, 0.4) is 0 Å². The van der Waals surface area contributed by atoms with Crippen molar-refractivity contribution >= 4 is 23.7 Å². The summed E-state index contributed by atoms with van der Waals surface area (Å²) in [7, 11) is 0. The highest BCUT2D eigenvalue weighted by molar-refractivity contribution is 5.96. The number of aliphatic hydroxyl groups is 1. The van der Waals surface area contributed by atoms with Crippen LogP contribution in [-0.4, -0.2) is 51.7 Å². The van der Waals surface area contributed by atoms with Crippen LogP contribution >= 0.6 is 0 Å². The molecule has 0 amide bonds. The predicted octanol–water partition coefficient (Wildman–Crippen LogP) is 5.02. The van der Waals surface area contributed by atoms with E-state index in [2.05, 4.69) is 27.7 Å². The fourth-order valence-corrected chi connectivity index (χ4v) is 10.7. The Morgan fingerprint density at radius 1 is 0.900 bits per heavy atom. The van der Waals surface area contributed by atoms with Crippen LogP contribution in [-0.2, 0) is 23.9 Å². The van der Waals surface area contributed by atoms with E-state index in [0.29, 0.717) is 38.5 Å². The second-order valence-corrected chi connectivity index (χ2v) is 15.3. The van der Waals surface area contributed by atoms with Crippen LogP contribution in [0.4, 0.5) is 0 Å². The molecule has 0 radical (unpaired) electrons. The number of ether oxygens (including phenoxy) is 1. The Balaban J connectivity index is 1.59. The molecule has 4 fully saturated rings. The molecule has 222 valence electrons. The third kappa shape index (κ3) is 3.59. The van der Waals surface area contributed by atoms with Crippen LogP contribution in [0.2, 0.25) is 0 Å². The maximum absolute atomic E-state index is 14.4. The highest BCUT2D eigenvalue weighted by Crippen LogP contribution is 2.75. The summed E-state index contributed by atoms with van der Waals surface area (Å²) in [6, 6.07) is 0. The van der Waals surface area contributed by atoms with Gasteiger partial charge < -0.3 is 20.1 Å². The molecule has 0 heterocycles. The number of rotatable bonds is 4. The average Bonchev–Trinajstić information content (AvgIpc) is 2.87. The molecule has 5 aliphatic rings. The third-order valence-corrected chi connectivity index (χ3v) is 13.6. The van der Waals surface area contributed by atoms with E-state index in [0.717, 1.165) is 24.8 Å². The second-order valence-electron chi connectivity index (χ2n) is 15.3. The number of carbonyl (C=O) groups excluding carboxylic acids is 2. The summed E-state index contributed by atoms with van der Waals surface area (Å²) in [6.07, 6.45) is 6.99. The summed E-state index contributed by atoms with van der Waals surface area (Å²) in [6.45, 7) is 11.5. The van der Waals surface area contributed by atoms with Gasteiger partial charge in [0.2, 0.25) is 0 Å². The quantitative estimate of drug-likeness (QED) is 0.409. The lowest BCUT2D eigenvalue weighted by Gasteiger charge is -2.70. The highest BCUT2D eigenvalue weighted by Gasteiger charge is 2.72. The van der Waals surface area contributed by atoms with Gasteiger partial charge in [-0.2, -0.15) is 0 Å². The SMILES string of the molecule is C[C@]1(C(=O)O)CC[C@]2(C)CC[C@]3(C)C(=CC(=O)[C@@H]4[C@@]5(C)CC[C@H](OC(=O)CO)[C@@](C)(C(=O)O)[C@@H]5CC[C@]43C)[C@@H]2C1. The summed E-state index contributed by atoms with van der Waals surface area (Å²) >= 11 is 0. The number of ketones is 1. The second kappa shape index (κ2) is 8.89. The number of aliphatic carboxylic acids is 2. The van der Waals surface area contributed by atoms with Gasteiger partial charge in [0, 0.05) is 5.92 Å². The van der Waals surface area contributed by atoms with Gasteiger partial charge in [0.15, 0.2) is 5.78 Å². The number of carbonyl (C=O) groups is 4. The van der Waals surface area contributed by atoms with Crippen molar-refractivity contribution in [3.05, 3.63) is 11.6 Å². The fraction of sp³-hybridized carbons (Fsp3) is 0.812. The van der Waals surface area contributed by atoms with Crippen molar-refractivity contribution in [1.29, 1.82) is 0 Å². The van der Waals surface area contributed by atoms with E-state index in [-0.39, 0.29) is 34.4 Å². The molecule has 5 rings (SSSR count). The Hall–Kier alpha value is -2.22. The fourth-order valence-electron chi connectivity index (χ4n) is 10.7. The molecule has 5 aliphatic carbocycles. The third-order valence-electron chi connectivity index (χ3n) is 13.6. The van der Waals surface area contributed by atoms with Gasteiger partial charge in [0.05, 0.1) is 5.41 Å². The van der Waals surface area contributed by atoms with Crippen molar-refractivity contribution in [3.63, 3.8) is 0 Å². The molecule has 0 aromatic heterocycles. The first-order chi connectivity index (χ1) is 18.4. The van der Waals surface area contributed by atoms with Crippen molar-refractivity contribution < 1.29 is 39.2 Å². The van der Waals surface area contributed by atoms with E-state index >= 15 is 0 Å². The first-order valence-electron chi connectivity index (χ1n) is 15.0. The van der Waals surface area contributed by atoms with E-state index in [9.17, 15) is 34.5 Å². The van der Waals surface area contributed by atoms with Crippen LogP contribution in [0.1, 0.15) is 99.3 Å². The molecule has 0 aromatic carbocycles. The number of carboxylic acid groups (broad SMARTS) is 2. The Morgan fingerprint density at radius 2 is 1.55 bits per heavy atom. The molecule has 40 heavy (non-hydrogen) atoms. The molecule has 10 atom stereocenters. The number of esters is 1. The molecule has 0 aromatic rings. The van der Waals surface area contributed by atoms with Crippen LogP contribution in [0.5, 0.6) is 0 Å². The maximum Gasteiger partial charge on any atom is 0.332 e. The summed E-state index contributed by atoms with van der Waals surface area (Å²) in [4.78, 5) is 51.6. The number of carboxylic acids is 2. The van der Waals surface area contributed by atoms with Gasteiger partial charge in [-0.05, 0) is 111 Å². The van der Waals surface area contributed by atoms with Crippen molar-refractivity contribution in [3.8, 4) is 0 Å². The van der Waals surface area contributed by atoms with Gasteiger partial charge in [-0.3, -0.25) is 14.4 Å². The van der Waals surface area contributed by atoms with Gasteiger partial charge in [0.25, 0.3) is 0 Å². The van der Waals surface area contributed by atoms with Gasteiger partial charge in [0.1, 0.15) is 18.1 Å². The molecule has 0 unspecified atom stereocenters. The molecular weight excluding hydrogens is 512 g/mol. The van der Waals surface area contributed by atoms with Crippen LogP contribution in [0, 0.1) is 50.2 Å². The number of fused-ring (bicyclic) bond motifs is 7. The lowest BCUT2D eigenvalue weighted by molar-refractivity contribution is -0.221. The molecule has 0 bridgehead atoms. The molecule has 8 nitrogen and oxygen atoms in total. The van der Waals surface area contributed by atoms with Gasteiger partial charge in [-0.25, -0.2) is 4.79 Å². The molecule has 0 aliphatic heterocycles. The summed E-state index contributed by atoms with van der Waals surface area (Å²) in [5.41, 5.74) is -2.46. The van der Waals surface area contributed by atoms with E-state index in [1.54, 1.807) is 6.92 Å². The Kier molecular flexibility index (Phi) is 6.51. The Morgan fingerprint density at radius 3 is 2.15 bits per heavy atom. The van der Waals surface area contributed by atoms with E-state index < -0.39 is 52.3 Å². The van der Waals surface area contributed by atoms with Gasteiger partial charge in [-0.1, -0.05) is 33.3 Å². The monoisotopic (exact) mass is 558 g/mol. The van der Waals surface area contributed by atoms with E-state index in [4.69, 9.17) is 4.74 Å². The van der Waals surface area contributed by atoms with Crippen molar-refractivity contribution in [2.45, 2.75) is 105 Å². The lowest BCUT2D eigenvalue weighted by atomic mass is 9.33. The normalized spacial score (nSPS) is 49.9. The topological polar surface area (TPSA) is 138 Å². The zero-order chi connectivity index (χ0) is 29.7. The van der Waals surface area contributed by atoms with Crippen LogP contribution in [0.25, 0.3) is 0 Å². The highest BCUT2D eigenvalue weighted by atomic mass is 16.6. The molecule has 4 saturated carbocycles. The summed E-state index contributed by atoms with van der Waals surface area (Å²) in [5.74, 6) is -3.37. The average molecular weight is 559 g/mol. The predicted molar refractivity (Wildman–Crippen MR) is 146 cm³/mol. The first kappa shape index (κ1) is 29.3. The summed E-state index contributed by atoms with van der Waals surface area (Å²) < 4.78 is 5.50. The smallest absolute Gasteiger partial charge is 0.332 e. The number of hydrogen-bond acceptors (Lipinski definition) is 6. The number of aliphatic hydroxyl groups excluding tert-OH is 1. The minimum atomic E-state index is -1.39. The lowest BCUT2D eigenvalue weighted by Crippen LogP contribution is -2.68. The van der Waals surface area contributed by atoms with Crippen molar-refractivity contribution in [2.24, 2.45) is 50.2 Å². The first-order valence-corrected chi connectivity index (χ1v) is 15.0. The van der Waals surface area contributed by atoms with Crippen molar-refractivity contribution in [1.82, 2.24) is 0 Å². The Labute approximate surface area is 236 Å². The molecule has 0 saturated heterocycles. The number of hydrogen-bond donors (Lipinski definition) is 3. The molecular formula is C32H46O8. The molecule has 0 spiro atoms. The minimum Gasteiger partial charge on any atom is -0.481 e. The van der Waals surface area contributed by atoms with Gasteiger partial charge in [-0.15, -0.1) is 0 Å². The van der Waals surface area contributed by atoms with E-state index in [1.807, 2.05) is 13.0 Å². The van der Waals surface area contributed by atoms with Crippen LogP contribution in [0.15, 0.2) is 11.6 Å². The Bertz CT molecular complexity index is 1190. The zero-order valence-electron chi connectivity index (χ0n) is 24.8. The van der Waals surface area contributed by atoms with E-state index in [1.165, 1.54) is 0 Å². The molecule has 3 N–H and O–H groups in total.